The molecule has 0 aliphatic rings. The minimum Gasteiger partial charge on any atom is -0.474 e. The molecule has 0 amide bonds. The predicted molar refractivity (Wildman–Crippen MR) is 72.2 cm³/mol. The van der Waals surface area contributed by atoms with Crippen molar-refractivity contribution in [2.75, 3.05) is 0 Å². The first-order valence-corrected chi connectivity index (χ1v) is 6.11. The van der Waals surface area contributed by atoms with Gasteiger partial charge in [-0.05, 0) is 26.2 Å². The Labute approximate surface area is 108 Å². The summed E-state index contributed by atoms with van der Waals surface area (Å²) in [5, 5.41) is 0. The van der Waals surface area contributed by atoms with Crippen LogP contribution in [0.5, 0.6) is 5.88 Å². The van der Waals surface area contributed by atoms with Crippen LogP contribution < -0.4 is 10.5 Å². The molecule has 1 unspecified atom stereocenters. The van der Waals surface area contributed by atoms with Gasteiger partial charge in [0.2, 0.25) is 5.88 Å². The standard InChI is InChI=1S/C12H19N3OS/c1-7(2)5-8(3)16-12-10(11(13)17)6-14-9(4)15-12/h6-8H,5H2,1-4H3,(H2,13,17). The molecule has 0 fully saturated rings. The summed E-state index contributed by atoms with van der Waals surface area (Å²) >= 11 is 4.95. The van der Waals surface area contributed by atoms with Gasteiger partial charge in [0.15, 0.2) is 0 Å². The molecule has 1 aromatic rings. The fraction of sp³-hybridized carbons (Fsp3) is 0.583. The van der Waals surface area contributed by atoms with Crippen LogP contribution in [0.15, 0.2) is 6.20 Å². The van der Waals surface area contributed by atoms with Crippen molar-refractivity contribution < 1.29 is 4.74 Å². The van der Waals surface area contributed by atoms with E-state index in [1.165, 1.54) is 0 Å². The molecule has 4 nitrogen and oxygen atoms in total. The average molecular weight is 253 g/mol. The van der Waals surface area contributed by atoms with Crippen molar-refractivity contribution in [2.45, 2.75) is 40.2 Å². The van der Waals surface area contributed by atoms with Gasteiger partial charge in [-0.1, -0.05) is 26.1 Å². The Balaban J connectivity index is 2.88. The Kier molecular flexibility index (Phi) is 4.81. The van der Waals surface area contributed by atoms with Gasteiger partial charge in [-0.15, -0.1) is 0 Å². The van der Waals surface area contributed by atoms with Crippen molar-refractivity contribution in [3.63, 3.8) is 0 Å². The van der Waals surface area contributed by atoms with E-state index in [-0.39, 0.29) is 11.1 Å². The molecule has 0 saturated carbocycles. The zero-order valence-corrected chi connectivity index (χ0v) is 11.5. The van der Waals surface area contributed by atoms with Crippen molar-refractivity contribution >= 4 is 17.2 Å². The van der Waals surface area contributed by atoms with Crippen molar-refractivity contribution in [3.05, 3.63) is 17.6 Å². The van der Waals surface area contributed by atoms with Gasteiger partial charge in [-0.25, -0.2) is 4.98 Å². The molecule has 5 heteroatoms. The van der Waals surface area contributed by atoms with Crippen LogP contribution in [-0.4, -0.2) is 21.1 Å². The summed E-state index contributed by atoms with van der Waals surface area (Å²) < 4.78 is 5.78. The van der Waals surface area contributed by atoms with Gasteiger partial charge in [-0.3, -0.25) is 0 Å². The lowest BCUT2D eigenvalue weighted by molar-refractivity contribution is 0.184. The van der Waals surface area contributed by atoms with Gasteiger partial charge < -0.3 is 10.5 Å². The van der Waals surface area contributed by atoms with Crippen LogP contribution in [0.2, 0.25) is 0 Å². The largest absolute Gasteiger partial charge is 0.474 e. The van der Waals surface area contributed by atoms with Crippen LogP contribution in [0.4, 0.5) is 0 Å². The van der Waals surface area contributed by atoms with Crippen LogP contribution in [0.1, 0.15) is 38.6 Å². The molecular formula is C12H19N3OS. The van der Waals surface area contributed by atoms with Crippen LogP contribution in [0, 0.1) is 12.8 Å². The van der Waals surface area contributed by atoms with Gasteiger partial charge in [0.1, 0.15) is 10.8 Å². The van der Waals surface area contributed by atoms with Crippen molar-refractivity contribution in [1.82, 2.24) is 9.97 Å². The molecule has 17 heavy (non-hydrogen) atoms. The highest BCUT2D eigenvalue weighted by molar-refractivity contribution is 7.80. The third kappa shape index (κ3) is 4.26. The number of ether oxygens (including phenoxy) is 1. The maximum atomic E-state index is 5.78. The minimum atomic E-state index is 0.0809. The Morgan fingerprint density at radius 1 is 1.47 bits per heavy atom. The maximum Gasteiger partial charge on any atom is 0.227 e. The number of aromatic nitrogens is 2. The fourth-order valence-corrected chi connectivity index (χ4v) is 1.75. The van der Waals surface area contributed by atoms with Crippen molar-refractivity contribution in [2.24, 2.45) is 11.7 Å². The molecular weight excluding hydrogens is 234 g/mol. The minimum absolute atomic E-state index is 0.0809. The Morgan fingerprint density at radius 2 is 2.12 bits per heavy atom. The molecule has 94 valence electrons. The van der Waals surface area contributed by atoms with Crippen LogP contribution in [-0.2, 0) is 0 Å². The summed E-state index contributed by atoms with van der Waals surface area (Å²) in [6, 6.07) is 0. The molecule has 0 saturated heterocycles. The zero-order valence-electron chi connectivity index (χ0n) is 10.7. The molecule has 0 spiro atoms. The second kappa shape index (κ2) is 5.91. The summed E-state index contributed by atoms with van der Waals surface area (Å²) in [7, 11) is 0. The van der Waals surface area contributed by atoms with E-state index in [1.54, 1.807) is 6.20 Å². The second-order valence-corrected chi connectivity index (χ2v) is 5.00. The summed E-state index contributed by atoms with van der Waals surface area (Å²) in [6.45, 7) is 8.13. The van der Waals surface area contributed by atoms with E-state index >= 15 is 0 Å². The first-order valence-electron chi connectivity index (χ1n) is 5.70. The number of thiocarbonyl (C=S) groups is 1. The highest BCUT2D eigenvalue weighted by Gasteiger charge is 2.14. The summed E-state index contributed by atoms with van der Waals surface area (Å²) in [5.41, 5.74) is 6.21. The normalized spacial score (nSPS) is 12.5. The number of aryl methyl sites for hydroxylation is 1. The van der Waals surface area contributed by atoms with Crippen LogP contribution in [0.3, 0.4) is 0 Å². The molecule has 1 rings (SSSR count). The monoisotopic (exact) mass is 253 g/mol. The van der Waals surface area contributed by atoms with Gasteiger partial charge in [0, 0.05) is 6.20 Å². The zero-order chi connectivity index (χ0) is 13.0. The van der Waals surface area contributed by atoms with E-state index in [4.69, 9.17) is 22.7 Å². The molecule has 0 aliphatic carbocycles. The number of nitrogens with zero attached hydrogens (tertiary/aromatic N) is 2. The summed E-state index contributed by atoms with van der Waals surface area (Å²) in [5.74, 6) is 1.70. The Bertz CT molecular complexity index is 407. The topological polar surface area (TPSA) is 61.0 Å². The fourth-order valence-electron chi connectivity index (χ4n) is 1.61. The van der Waals surface area contributed by atoms with Gasteiger partial charge >= 0.3 is 0 Å². The number of nitrogens with two attached hydrogens (primary N) is 1. The van der Waals surface area contributed by atoms with Gasteiger partial charge in [0.05, 0.1) is 11.7 Å². The van der Waals surface area contributed by atoms with Crippen molar-refractivity contribution in [3.8, 4) is 5.88 Å². The van der Waals surface area contributed by atoms with Crippen LogP contribution >= 0.6 is 12.2 Å². The Hall–Kier alpha value is -1.23. The predicted octanol–water partition coefficient (Wildman–Crippen LogP) is 2.23. The third-order valence-electron chi connectivity index (χ3n) is 2.26. The lowest BCUT2D eigenvalue weighted by atomic mass is 10.1. The number of rotatable bonds is 5. The molecule has 1 aromatic heterocycles. The third-order valence-corrected chi connectivity index (χ3v) is 2.48. The van der Waals surface area contributed by atoms with E-state index in [0.29, 0.717) is 23.2 Å². The first-order chi connectivity index (χ1) is 7.90. The highest BCUT2D eigenvalue weighted by atomic mass is 32.1. The van der Waals surface area contributed by atoms with E-state index in [9.17, 15) is 0 Å². The molecule has 0 aliphatic heterocycles. The first kappa shape index (κ1) is 13.8. The molecule has 0 bridgehead atoms. The van der Waals surface area contributed by atoms with E-state index in [0.717, 1.165) is 6.42 Å². The smallest absolute Gasteiger partial charge is 0.227 e. The van der Waals surface area contributed by atoms with Crippen LogP contribution in [0.25, 0.3) is 0 Å². The lowest BCUT2D eigenvalue weighted by Gasteiger charge is -2.17. The molecule has 1 atom stereocenters. The number of hydrogen-bond donors (Lipinski definition) is 1. The summed E-state index contributed by atoms with van der Waals surface area (Å²) in [6.07, 6.45) is 2.65. The molecule has 1 heterocycles. The van der Waals surface area contributed by atoms with Crippen molar-refractivity contribution in [1.29, 1.82) is 0 Å². The van der Waals surface area contributed by atoms with E-state index in [1.807, 2.05) is 13.8 Å². The SMILES string of the molecule is Cc1ncc(C(N)=S)c(OC(C)CC(C)C)n1. The quantitative estimate of drug-likeness (QED) is 0.815. The Morgan fingerprint density at radius 3 is 2.65 bits per heavy atom. The van der Waals surface area contributed by atoms with E-state index in [2.05, 4.69) is 23.8 Å². The number of hydrogen-bond acceptors (Lipinski definition) is 4. The molecule has 2 N–H and O–H groups in total. The second-order valence-electron chi connectivity index (χ2n) is 4.56. The maximum absolute atomic E-state index is 5.78. The van der Waals surface area contributed by atoms with E-state index < -0.39 is 0 Å². The van der Waals surface area contributed by atoms with Gasteiger partial charge in [0.25, 0.3) is 0 Å². The summed E-state index contributed by atoms with van der Waals surface area (Å²) in [4.78, 5) is 8.57. The molecule has 0 aromatic carbocycles. The highest BCUT2D eigenvalue weighted by Crippen LogP contribution is 2.18. The molecule has 0 radical (unpaired) electrons. The lowest BCUT2D eigenvalue weighted by Crippen LogP contribution is -2.20. The average Bonchev–Trinajstić information content (AvgIpc) is 2.15. The van der Waals surface area contributed by atoms with Gasteiger partial charge in [-0.2, -0.15) is 4.98 Å².